The number of likely N-dealkylation sites (tertiary alicyclic amines) is 1. The van der Waals surface area contributed by atoms with Crippen LogP contribution in [0.1, 0.15) is 31.2 Å². The van der Waals surface area contributed by atoms with E-state index < -0.39 is 0 Å². The molecule has 2 fully saturated rings. The van der Waals surface area contributed by atoms with E-state index in [2.05, 4.69) is 15.2 Å². The Bertz CT molecular complexity index is 1230. The van der Waals surface area contributed by atoms with Gasteiger partial charge in [0.2, 0.25) is 17.8 Å². The Morgan fingerprint density at radius 3 is 2.62 bits per heavy atom. The van der Waals surface area contributed by atoms with Gasteiger partial charge in [-0.15, -0.1) is 0 Å². The molecule has 1 atom stereocenters. The molecule has 3 N–H and O–H groups in total. The van der Waals surface area contributed by atoms with Crippen molar-refractivity contribution in [3.8, 4) is 0 Å². The largest absolute Gasteiger partial charge is 0.346 e. The van der Waals surface area contributed by atoms with Gasteiger partial charge in [-0.25, -0.2) is 0 Å². The van der Waals surface area contributed by atoms with E-state index in [0.29, 0.717) is 36.2 Å². The first kappa shape index (κ1) is 22.4. The van der Waals surface area contributed by atoms with Crippen molar-refractivity contribution in [2.24, 2.45) is 12.8 Å². The Balaban J connectivity index is 1.52. The zero-order valence-corrected chi connectivity index (χ0v) is 19.6. The number of rotatable bonds is 6. The highest BCUT2D eigenvalue weighted by atomic mass is 16.2. The molecule has 1 amide bonds. The average molecular weight is 465 g/mol. The molecular formula is C24H32N8O2. The molecule has 3 aromatic rings. The molecular weight excluding hydrogens is 432 g/mol. The van der Waals surface area contributed by atoms with Gasteiger partial charge in [0, 0.05) is 39.3 Å². The first-order valence-corrected chi connectivity index (χ1v) is 12.0. The number of anilines is 2. The molecule has 0 aliphatic carbocycles. The van der Waals surface area contributed by atoms with Crippen molar-refractivity contribution in [1.29, 1.82) is 0 Å². The normalized spacial score (nSPS) is 18.6. The topological polar surface area (TPSA) is 114 Å². The highest BCUT2D eigenvalue weighted by Crippen LogP contribution is 2.24. The fraction of sp³-hybridized carbons (Fsp3) is 0.500. The van der Waals surface area contributed by atoms with Crippen LogP contribution in [-0.2, 0) is 18.4 Å². The lowest BCUT2D eigenvalue weighted by atomic mass is 10.1. The molecule has 1 aromatic carbocycles. The SMILES string of the molecule is Cn1c(NCC(=O)N2CCCC2)nc2nc(N3CCCC(N)C3)n(Cc3ccccc3)c2c1=O. The average Bonchev–Trinajstić information content (AvgIpc) is 3.50. The molecule has 2 saturated heterocycles. The lowest BCUT2D eigenvalue weighted by molar-refractivity contribution is -0.128. The molecule has 5 rings (SSSR count). The quantitative estimate of drug-likeness (QED) is 0.562. The number of hydrogen-bond donors (Lipinski definition) is 2. The minimum Gasteiger partial charge on any atom is -0.346 e. The van der Waals surface area contributed by atoms with Crippen LogP contribution >= 0.6 is 0 Å². The van der Waals surface area contributed by atoms with Gasteiger partial charge in [0.25, 0.3) is 5.56 Å². The molecule has 10 heteroatoms. The Kier molecular flexibility index (Phi) is 6.23. The van der Waals surface area contributed by atoms with Gasteiger partial charge in [-0.05, 0) is 31.2 Å². The highest BCUT2D eigenvalue weighted by Gasteiger charge is 2.26. The zero-order chi connectivity index (χ0) is 23.7. The van der Waals surface area contributed by atoms with Gasteiger partial charge < -0.3 is 20.9 Å². The molecule has 0 bridgehead atoms. The lowest BCUT2D eigenvalue weighted by Gasteiger charge is -2.31. The van der Waals surface area contributed by atoms with E-state index in [0.717, 1.165) is 50.9 Å². The summed E-state index contributed by atoms with van der Waals surface area (Å²) in [5.74, 6) is 1.07. The number of piperidine rings is 1. The molecule has 0 saturated carbocycles. The van der Waals surface area contributed by atoms with E-state index in [9.17, 15) is 9.59 Å². The molecule has 0 spiro atoms. The number of benzene rings is 1. The molecule has 4 heterocycles. The van der Waals surface area contributed by atoms with Crippen molar-refractivity contribution in [3.63, 3.8) is 0 Å². The third kappa shape index (κ3) is 4.37. The molecule has 2 aliphatic heterocycles. The number of hydrogen-bond acceptors (Lipinski definition) is 7. The second kappa shape index (κ2) is 9.46. The Morgan fingerprint density at radius 2 is 1.88 bits per heavy atom. The summed E-state index contributed by atoms with van der Waals surface area (Å²) in [6, 6.07) is 10.1. The fourth-order valence-electron chi connectivity index (χ4n) is 4.89. The second-order valence-electron chi connectivity index (χ2n) is 9.25. The van der Waals surface area contributed by atoms with Gasteiger partial charge in [0.05, 0.1) is 13.1 Å². The van der Waals surface area contributed by atoms with Crippen LogP contribution in [0.15, 0.2) is 35.1 Å². The van der Waals surface area contributed by atoms with Crippen LogP contribution in [0.25, 0.3) is 11.2 Å². The molecule has 10 nitrogen and oxygen atoms in total. The Labute approximate surface area is 198 Å². The van der Waals surface area contributed by atoms with E-state index in [-0.39, 0.29) is 24.1 Å². The van der Waals surface area contributed by atoms with Crippen molar-refractivity contribution in [1.82, 2.24) is 24.0 Å². The molecule has 2 aliphatic rings. The third-order valence-corrected chi connectivity index (χ3v) is 6.75. The first-order chi connectivity index (χ1) is 16.5. The van der Waals surface area contributed by atoms with E-state index in [4.69, 9.17) is 10.7 Å². The third-order valence-electron chi connectivity index (χ3n) is 6.75. The smallest absolute Gasteiger partial charge is 0.281 e. The van der Waals surface area contributed by atoms with Gasteiger partial charge in [-0.3, -0.25) is 18.7 Å². The van der Waals surface area contributed by atoms with E-state index in [1.165, 1.54) is 4.57 Å². The van der Waals surface area contributed by atoms with Crippen molar-refractivity contribution in [2.45, 2.75) is 38.3 Å². The van der Waals surface area contributed by atoms with Crippen LogP contribution in [0.4, 0.5) is 11.9 Å². The summed E-state index contributed by atoms with van der Waals surface area (Å²) >= 11 is 0. The molecule has 34 heavy (non-hydrogen) atoms. The van der Waals surface area contributed by atoms with Crippen molar-refractivity contribution >= 4 is 29.0 Å². The van der Waals surface area contributed by atoms with E-state index in [1.54, 1.807) is 7.05 Å². The molecule has 0 radical (unpaired) electrons. The summed E-state index contributed by atoms with van der Waals surface area (Å²) in [4.78, 5) is 39.5. The van der Waals surface area contributed by atoms with Gasteiger partial charge >= 0.3 is 0 Å². The summed E-state index contributed by atoms with van der Waals surface area (Å²) in [6.07, 6.45) is 4.04. The first-order valence-electron chi connectivity index (χ1n) is 12.0. The van der Waals surface area contributed by atoms with Crippen LogP contribution in [-0.4, -0.2) is 68.7 Å². The van der Waals surface area contributed by atoms with Gasteiger partial charge in [-0.1, -0.05) is 30.3 Å². The van der Waals surface area contributed by atoms with E-state index >= 15 is 0 Å². The number of nitrogens with zero attached hydrogens (tertiary/aromatic N) is 6. The number of fused-ring (bicyclic) bond motifs is 1. The Morgan fingerprint density at radius 1 is 1.12 bits per heavy atom. The van der Waals surface area contributed by atoms with E-state index in [1.807, 2.05) is 39.8 Å². The van der Waals surface area contributed by atoms with Crippen LogP contribution in [0.5, 0.6) is 0 Å². The van der Waals surface area contributed by atoms with Crippen LogP contribution in [0.3, 0.4) is 0 Å². The predicted molar refractivity (Wildman–Crippen MR) is 132 cm³/mol. The minimum absolute atomic E-state index is 0.0180. The van der Waals surface area contributed by atoms with Crippen molar-refractivity contribution < 1.29 is 4.79 Å². The number of imidazole rings is 1. The molecule has 2 aromatic heterocycles. The number of nitrogens with one attached hydrogen (secondary N) is 1. The highest BCUT2D eigenvalue weighted by molar-refractivity contribution is 5.81. The number of nitrogens with two attached hydrogens (primary N) is 1. The maximum absolute atomic E-state index is 13.5. The van der Waals surface area contributed by atoms with Gasteiger partial charge in [-0.2, -0.15) is 9.97 Å². The summed E-state index contributed by atoms with van der Waals surface area (Å²) < 4.78 is 3.42. The molecule has 1 unspecified atom stereocenters. The fourth-order valence-corrected chi connectivity index (χ4v) is 4.89. The number of amides is 1. The lowest BCUT2D eigenvalue weighted by Crippen LogP contribution is -2.44. The number of aromatic nitrogens is 4. The maximum Gasteiger partial charge on any atom is 0.281 e. The van der Waals surface area contributed by atoms with Crippen LogP contribution < -0.4 is 21.5 Å². The molecule has 180 valence electrons. The summed E-state index contributed by atoms with van der Waals surface area (Å²) in [5.41, 5.74) is 7.96. The zero-order valence-electron chi connectivity index (χ0n) is 19.6. The number of carbonyl (C=O) groups is 1. The van der Waals surface area contributed by atoms with Crippen molar-refractivity contribution in [3.05, 3.63) is 46.2 Å². The number of carbonyl (C=O) groups excluding carboxylic acids is 1. The Hall–Kier alpha value is -3.40. The van der Waals surface area contributed by atoms with Crippen molar-refractivity contribution in [2.75, 3.05) is 42.9 Å². The summed E-state index contributed by atoms with van der Waals surface area (Å²) in [6.45, 7) is 3.71. The summed E-state index contributed by atoms with van der Waals surface area (Å²) in [5, 5.41) is 3.07. The van der Waals surface area contributed by atoms with Gasteiger partial charge in [0.15, 0.2) is 11.2 Å². The maximum atomic E-state index is 13.5. The summed E-state index contributed by atoms with van der Waals surface area (Å²) in [7, 11) is 1.67. The van der Waals surface area contributed by atoms with Crippen LogP contribution in [0.2, 0.25) is 0 Å². The standard InChI is InChI=1S/C24H32N8O2/c1-29-22(34)20-21(27-23(29)26-14-19(33)30-11-5-6-12-30)28-24(31-13-7-10-18(25)16-31)32(20)15-17-8-3-2-4-9-17/h2-4,8-9,18H,5-7,10-16,25H2,1H3,(H,26,27). The van der Waals surface area contributed by atoms with Crippen LogP contribution in [0, 0.1) is 0 Å². The van der Waals surface area contributed by atoms with Gasteiger partial charge in [0.1, 0.15) is 0 Å². The predicted octanol–water partition coefficient (Wildman–Crippen LogP) is 1.14. The minimum atomic E-state index is -0.197. The monoisotopic (exact) mass is 464 g/mol. The second-order valence-corrected chi connectivity index (χ2v) is 9.25.